The van der Waals surface area contributed by atoms with Gasteiger partial charge in [-0.05, 0) is 18.4 Å². The third-order valence-electron chi connectivity index (χ3n) is 2.33. The fraction of sp³-hybridized carbons (Fsp3) is 0.100. The first-order valence-electron chi connectivity index (χ1n) is 4.86. The van der Waals surface area contributed by atoms with Crippen LogP contribution in [0.5, 0.6) is 0 Å². The largest absolute Gasteiger partial charge is 0.463 e. The number of rotatable bonds is 2. The number of H-pyrrole nitrogens is 1. The van der Waals surface area contributed by atoms with Gasteiger partial charge < -0.3 is 4.42 Å². The van der Waals surface area contributed by atoms with E-state index in [1.807, 2.05) is 6.26 Å². The van der Waals surface area contributed by atoms with Crippen LogP contribution in [-0.2, 0) is 0 Å². The molecule has 3 rings (SSSR count). The van der Waals surface area contributed by atoms with Crippen molar-refractivity contribution in [2.75, 3.05) is 6.26 Å². The molecule has 0 aliphatic rings. The number of furan rings is 1. The Morgan fingerprint density at radius 3 is 3.12 bits per heavy atom. The van der Waals surface area contributed by atoms with Gasteiger partial charge in [0.1, 0.15) is 11.2 Å². The number of hydrogen-bond acceptors (Lipinski definition) is 5. The number of aromatic nitrogens is 4. The van der Waals surface area contributed by atoms with Gasteiger partial charge in [-0.1, -0.05) is 11.8 Å². The summed E-state index contributed by atoms with van der Waals surface area (Å²) in [6.45, 7) is 0. The predicted octanol–water partition coefficient (Wildman–Crippen LogP) is 1.40. The third-order valence-corrected chi connectivity index (χ3v) is 2.96. The molecular weight excluding hydrogens is 240 g/mol. The van der Waals surface area contributed by atoms with Crippen LogP contribution < -0.4 is 5.56 Å². The molecule has 1 N–H and O–H groups in total. The number of hydrogen-bond donors (Lipinski definition) is 1. The van der Waals surface area contributed by atoms with Gasteiger partial charge in [-0.25, -0.2) is 9.61 Å². The molecule has 0 amide bonds. The van der Waals surface area contributed by atoms with Crippen LogP contribution in [0.1, 0.15) is 0 Å². The maximum Gasteiger partial charge on any atom is 0.290 e. The zero-order chi connectivity index (χ0) is 11.8. The van der Waals surface area contributed by atoms with Crippen molar-refractivity contribution in [3.63, 3.8) is 0 Å². The summed E-state index contributed by atoms with van der Waals surface area (Å²) >= 11 is 1.41. The lowest BCUT2D eigenvalue weighted by Crippen LogP contribution is -2.13. The molecule has 0 bridgehead atoms. The molecule has 7 heteroatoms. The molecule has 0 saturated carbocycles. The molecular formula is C10H8N4O2S. The normalized spacial score (nSPS) is 11.1. The van der Waals surface area contributed by atoms with Gasteiger partial charge in [0.15, 0.2) is 5.76 Å². The van der Waals surface area contributed by atoms with E-state index in [4.69, 9.17) is 4.42 Å². The van der Waals surface area contributed by atoms with Crippen LogP contribution in [-0.4, -0.2) is 26.1 Å². The molecule has 0 radical (unpaired) electrons. The molecule has 0 aromatic carbocycles. The average Bonchev–Trinajstić information content (AvgIpc) is 2.98. The average molecular weight is 248 g/mol. The highest BCUT2D eigenvalue weighted by molar-refractivity contribution is 7.98. The van der Waals surface area contributed by atoms with Crippen LogP contribution in [0.2, 0.25) is 0 Å². The van der Waals surface area contributed by atoms with E-state index in [1.54, 1.807) is 24.5 Å². The topological polar surface area (TPSA) is 76.2 Å². The number of aromatic amines is 1. The Labute approximate surface area is 99.6 Å². The second-order valence-corrected chi connectivity index (χ2v) is 4.12. The van der Waals surface area contributed by atoms with Crippen molar-refractivity contribution >= 4 is 17.3 Å². The number of nitrogens with one attached hydrogen (secondary N) is 1. The zero-order valence-electron chi connectivity index (χ0n) is 8.88. The van der Waals surface area contributed by atoms with Crippen LogP contribution in [0, 0.1) is 0 Å². The van der Waals surface area contributed by atoms with Crippen molar-refractivity contribution in [3.05, 3.63) is 34.8 Å². The van der Waals surface area contributed by atoms with Crippen molar-refractivity contribution in [1.29, 1.82) is 0 Å². The molecule has 0 aliphatic carbocycles. The lowest BCUT2D eigenvalue weighted by molar-refractivity contribution is 0.578. The Morgan fingerprint density at radius 2 is 2.41 bits per heavy atom. The van der Waals surface area contributed by atoms with E-state index in [0.717, 1.165) is 0 Å². The summed E-state index contributed by atoms with van der Waals surface area (Å²) in [6.07, 6.45) is 3.44. The van der Waals surface area contributed by atoms with Gasteiger partial charge in [-0.15, -0.1) is 5.10 Å². The van der Waals surface area contributed by atoms with Crippen LogP contribution in [0.15, 0.2) is 38.8 Å². The van der Waals surface area contributed by atoms with Gasteiger partial charge >= 0.3 is 0 Å². The Bertz CT molecular complexity index is 714. The molecule has 0 spiro atoms. The van der Waals surface area contributed by atoms with Gasteiger partial charge in [0.2, 0.25) is 5.16 Å². The minimum atomic E-state index is -0.270. The number of thioether (sulfide) groups is 1. The number of nitrogens with zero attached hydrogens (tertiary/aromatic N) is 3. The fourth-order valence-electron chi connectivity index (χ4n) is 1.57. The Hall–Kier alpha value is -2.02. The molecule has 17 heavy (non-hydrogen) atoms. The number of fused-ring (bicyclic) bond motifs is 1. The van der Waals surface area contributed by atoms with Crippen molar-refractivity contribution < 1.29 is 4.42 Å². The van der Waals surface area contributed by atoms with E-state index < -0.39 is 0 Å². The molecule has 0 atom stereocenters. The molecule has 0 fully saturated rings. The van der Waals surface area contributed by atoms with Crippen LogP contribution >= 0.6 is 11.8 Å². The van der Waals surface area contributed by atoms with Gasteiger partial charge in [-0.2, -0.15) is 5.10 Å². The Morgan fingerprint density at radius 1 is 1.53 bits per heavy atom. The second-order valence-electron chi connectivity index (χ2n) is 3.34. The van der Waals surface area contributed by atoms with Crippen molar-refractivity contribution in [2.45, 2.75) is 5.16 Å². The Kier molecular flexibility index (Phi) is 2.25. The molecule has 0 saturated heterocycles. The summed E-state index contributed by atoms with van der Waals surface area (Å²) in [6, 6.07) is 5.25. The van der Waals surface area contributed by atoms with E-state index in [1.165, 1.54) is 16.3 Å². The third kappa shape index (κ3) is 1.55. The Balaban J connectivity index is 2.32. The van der Waals surface area contributed by atoms with Gasteiger partial charge in [0.05, 0.1) is 6.26 Å². The van der Waals surface area contributed by atoms with E-state index in [-0.39, 0.29) is 5.56 Å². The molecule has 0 unspecified atom stereocenters. The van der Waals surface area contributed by atoms with Gasteiger partial charge in [0, 0.05) is 6.07 Å². The molecule has 86 valence electrons. The van der Waals surface area contributed by atoms with Gasteiger partial charge in [-0.3, -0.25) is 4.79 Å². The predicted molar refractivity (Wildman–Crippen MR) is 63.1 cm³/mol. The standard InChI is InChI=1S/C10H8N4O2S/c1-17-10-12-11-9(15)7-5-6(13-14(7)10)8-3-2-4-16-8/h2-5H,1H3,(H,11,15). The maximum absolute atomic E-state index is 11.6. The molecule has 3 aromatic rings. The van der Waals surface area contributed by atoms with E-state index in [9.17, 15) is 4.79 Å². The molecule has 6 nitrogen and oxygen atoms in total. The highest BCUT2D eigenvalue weighted by atomic mass is 32.2. The van der Waals surface area contributed by atoms with Crippen molar-refractivity contribution in [2.24, 2.45) is 0 Å². The summed E-state index contributed by atoms with van der Waals surface area (Å²) < 4.78 is 6.76. The van der Waals surface area contributed by atoms with E-state index in [0.29, 0.717) is 22.1 Å². The minimum Gasteiger partial charge on any atom is -0.463 e. The summed E-state index contributed by atoms with van der Waals surface area (Å²) in [5.41, 5.74) is 0.799. The second kappa shape index (κ2) is 3.77. The maximum atomic E-state index is 11.6. The highest BCUT2D eigenvalue weighted by Gasteiger charge is 2.12. The first kappa shape index (κ1) is 10.2. The summed E-state index contributed by atoms with van der Waals surface area (Å²) in [4.78, 5) is 11.6. The smallest absolute Gasteiger partial charge is 0.290 e. The first-order chi connectivity index (χ1) is 8.29. The van der Waals surface area contributed by atoms with E-state index in [2.05, 4.69) is 15.3 Å². The molecule has 3 heterocycles. The lowest BCUT2D eigenvalue weighted by atomic mass is 10.3. The van der Waals surface area contributed by atoms with Crippen molar-refractivity contribution in [3.8, 4) is 11.5 Å². The monoisotopic (exact) mass is 248 g/mol. The zero-order valence-corrected chi connectivity index (χ0v) is 9.69. The summed E-state index contributed by atoms with van der Waals surface area (Å²) in [7, 11) is 0. The van der Waals surface area contributed by atoms with E-state index >= 15 is 0 Å². The fourth-order valence-corrected chi connectivity index (χ4v) is 2.02. The summed E-state index contributed by atoms with van der Waals surface area (Å²) in [5, 5.41) is 11.3. The SMILES string of the molecule is CSc1n[nH]c(=O)c2cc(-c3ccco3)nn12. The molecule has 0 aliphatic heterocycles. The minimum absolute atomic E-state index is 0.270. The molecule has 3 aromatic heterocycles. The quantitative estimate of drug-likeness (QED) is 0.694. The van der Waals surface area contributed by atoms with Crippen LogP contribution in [0.3, 0.4) is 0 Å². The van der Waals surface area contributed by atoms with Crippen LogP contribution in [0.4, 0.5) is 0 Å². The summed E-state index contributed by atoms with van der Waals surface area (Å²) in [5.74, 6) is 0.625. The van der Waals surface area contributed by atoms with Crippen molar-refractivity contribution in [1.82, 2.24) is 19.8 Å². The van der Waals surface area contributed by atoms with Crippen LogP contribution in [0.25, 0.3) is 17.0 Å². The highest BCUT2D eigenvalue weighted by Crippen LogP contribution is 2.20. The first-order valence-corrected chi connectivity index (χ1v) is 6.08. The van der Waals surface area contributed by atoms with Gasteiger partial charge in [0.25, 0.3) is 5.56 Å². The lowest BCUT2D eigenvalue weighted by Gasteiger charge is -1.97.